The Labute approximate surface area is 103 Å². The van der Waals surface area contributed by atoms with Crippen molar-refractivity contribution >= 4 is 5.91 Å². The molecule has 0 spiro atoms. The third kappa shape index (κ3) is 7.86. The molecule has 0 heterocycles. The van der Waals surface area contributed by atoms with E-state index in [1.54, 1.807) is 0 Å². The summed E-state index contributed by atoms with van der Waals surface area (Å²) >= 11 is 0. The van der Waals surface area contributed by atoms with E-state index in [0.717, 1.165) is 4.90 Å². The molecule has 0 aromatic carbocycles. The molecule has 0 bridgehead atoms. The normalized spacial score (nSPS) is 11.4. The molecule has 0 aliphatic rings. The molecule has 1 N–H and O–H groups in total. The maximum Gasteiger partial charge on any atom is 0.401 e. The Morgan fingerprint density at radius 2 is 2.00 bits per heavy atom. The first-order chi connectivity index (χ1) is 8.30. The highest BCUT2D eigenvalue weighted by Gasteiger charge is 2.31. The number of carbonyl (C=O) groups excluding carboxylic acids is 1. The fourth-order valence-electron chi connectivity index (χ4n) is 1.26. The highest BCUT2D eigenvalue weighted by atomic mass is 19.4. The first-order valence-corrected chi connectivity index (χ1v) is 5.31. The van der Waals surface area contributed by atoms with Gasteiger partial charge in [-0.2, -0.15) is 18.4 Å². The van der Waals surface area contributed by atoms with Crippen LogP contribution in [0.4, 0.5) is 13.2 Å². The fraction of sp³-hybridized carbons (Fsp3) is 0.800. The zero-order valence-electron chi connectivity index (χ0n) is 10.1. The van der Waals surface area contributed by atoms with Crippen LogP contribution >= 0.6 is 0 Å². The molecule has 0 aromatic rings. The summed E-state index contributed by atoms with van der Waals surface area (Å²) in [5.74, 6) is -0.511. The van der Waals surface area contributed by atoms with Crippen molar-refractivity contribution in [3.05, 3.63) is 0 Å². The molecule has 8 heteroatoms. The second-order valence-corrected chi connectivity index (χ2v) is 3.77. The maximum atomic E-state index is 12.2. The van der Waals surface area contributed by atoms with E-state index in [9.17, 15) is 18.0 Å². The molecule has 0 aliphatic heterocycles. The molecule has 0 aliphatic carbocycles. The minimum absolute atomic E-state index is 0.126. The molecule has 0 saturated carbocycles. The average Bonchev–Trinajstić information content (AvgIpc) is 2.23. The molecular formula is C10H16F3N3O2. The number of amides is 1. The van der Waals surface area contributed by atoms with E-state index in [1.165, 1.54) is 11.9 Å². The smallest absolute Gasteiger partial charge is 0.395 e. The van der Waals surface area contributed by atoms with Crippen LogP contribution in [0.1, 0.15) is 6.42 Å². The van der Waals surface area contributed by atoms with Crippen LogP contribution in [0, 0.1) is 11.3 Å². The first kappa shape index (κ1) is 16.7. The van der Waals surface area contributed by atoms with Gasteiger partial charge in [0, 0.05) is 20.1 Å². The number of alkyl halides is 3. The van der Waals surface area contributed by atoms with Crippen molar-refractivity contribution < 1.29 is 23.1 Å². The zero-order valence-corrected chi connectivity index (χ0v) is 10.1. The van der Waals surface area contributed by atoms with Gasteiger partial charge >= 0.3 is 6.18 Å². The molecule has 1 amide bonds. The number of aliphatic hydroxyl groups is 1. The maximum absolute atomic E-state index is 12.2. The van der Waals surface area contributed by atoms with Gasteiger partial charge in [-0.25, -0.2) is 0 Å². The van der Waals surface area contributed by atoms with E-state index in [-0.39, 0.29) is 19.5 Å². The number of halogens is 3. The highest BCUT2D eigenvalue weighted by Crippen LogP contribution is 2.16. The molecule has 0 rings (SSSR count). The summed E-state index contributed by atoms with van der Waals surface area (Å²) in [6, 6.07) is 1.84. The molecule has 0 unspecified atom stereocenters. The third-order valence-electron chi connectivity index (χ3n) is 2.16. The lowest BCUT2D eigenvalue weighted by Crippen LogP contribution is -2.43. The Bertz CT molecular complexity index is 302. The summed E-state index contributed by atoms with van der Waals surface area (Å²) in [6.07, 6.45) is -4.29. The number of hydrogen-bond donors (Lipinski definition) is 1. The van der Waals surface area contributed by atoms with E-state index in [2.05, 4.69) is 0 Å². The summed E-state index contributed by atoms with van der Waals surface area (Å²) in [7, 11) is 1.42. The second kappa shape index (κ2) is 7.89. The van der Waals surface area contributed by atoms with Gasteiger partial charge in [0.15, 0.2) is 0 Å². The lowest BCUT2D eigenvalue weighted by Gasteiger charge is -2.24. The lowest BCUT2D eigenvalue weighted by atomic mass is 10.3. The van der Waals surface area contributed by atoms with Crippen LogP contribution in [0.25, 0.3) is 0 Å². The standard InChI is InChI=1S/C10H16F3N3O2/c1-15(4-2-3-14)9(18)7-16(5-6-17)8-10(11,12)13/h17H,2,4-8H2,1H3. The molecule has 0 atom stereocenters. The molecule has 0 radical (unpaired) electrons. The Kier molecular flexibility index (Phi) is 7.31. The molecule has 5 nitrogen and oxygen atoms in total. The van der Waals surface area contributed by atoms with Gasteiger partial charge in [-0.05, 0) is 0 Å². The monoisotopic (exact) mass is 267 g/mol. The van der Waals surface area contributed by atoms with Gasteiger partial charge in [-0.15, -0.1) is 0 Å². The van der Waals surface area contributed by atoms with Crippen molar-refractivity contribution in [3.63, 3.8) is 0 Å². The molecule has 18 heavy (non-hydrogen) atoms. The number of nitriles is 1. The summed E-state index contributed by atoms with van der Waals surface area (Å²) in [5.41, 5.74) is 0. The van der Waals surface area contributed by atoms with Gasteiger partial charge in [0.25, 0.3) is 0 Å². The van der Waals surface area contributed by atoms with Gasteiger partial charge in [-0.1, -0.05) is 0 Å². The fourth-order valence-corrected chi connectivity index (χ4v) is 1.26. The van der Waals surface area contributed by atoms with Gasteiger partial charge < -0.3 is 10.0 Å². The Balaban J connectivity index is 4.31. The molecule has 104 valence electrons. The first-order valence-electron chi connectivity index (χ1n) is 5.31. The largest absolute Gasteiger partial charge is 0.401 e. The van der Waals surface area contributed by atoms with Crippen molar-refractivity contribution in [2.75, 3.05) is 39.8 Å². The van der Waals surface area contributed by atoms with Gasteiger partial charge in [0.2, 0.25) is 5.91 Å². The molecule has 0 fully saturated rings. The minimum Gasteiger partial charge on any atom is -0.395 e. The Morgan fingerprint density at radius 1 is 1.39 bits per heavy atom. The van der Waals surface area contributed by atoms with E-state index in [0.29, 0.717) is 0 Å². The van der Waals surface area contributed by atoms with Crippen LogP contribution in [-0.2, 0) is 4.79 Å². The number of likely N-dealkylation sites (N-methyl/N-ethyl adjacent to an activating group) is 1. The predicted octanol–water partition coefficient (Wildman–Crippen LogP) is 0.215. The average molecular weight is 267 g/mol. The number of aliphatic hydroxyl groups excluding tert-OH is 1. The SMILES string of the molecule is CN(CCC#N)C(=O)CN(CCO)CC(F)(F)F. The molecular weight excluding hydrogens is 251 g/mol. The Hall–Kier alpha value is -1.33. The van der Waals surface area contributed by atoms with E-state index >= 15 is 0 Å². The van der Waals surface area contributed by atoms with Crippen LogP contribution in [0.5, 0.6) is 0 Å². The van der Waals surface area contributed by atoms with Crippen molar-refractivity contribution in [3.8, 4) is 6.07 Å². The van der Waals surface area contributed by atoms with Crippen LogP contribution in [0.15, 0.2) is 0 Å². The van der Waals surface area contributed by atoms with E-state index < -0.39 is 31.8 Å². The highest BCUT2D eigenvalue weighted by molar-refractivity contribution is 5.78. The third-order valence-corrected chi connectivity index (χ3v) is 2.16. The van der Waals surface area contributed by atoms with Crippen LogP contribution < -0.4 is 0 Å². The Morgan fingerprint density at radius 3 is 2.44 bits per heavy atom. The van der Waals surface area contributed by atoms with Crippen LogP contribution in [-0.4, -0.2) is 66.8 Å². The van der Waals surface area contributed by atoms with E-state index in [1.807, 2.05) is 6.07 Å². The predicted molar refractivity (Wildman–Crippen MR) is 57.4 cm³/mol. The van der Waals surface area contributed by atoms with Crippen molar-refractivity contribution in [2.45, 2.75) is 12.6 Å². The summed E-state index contributed by atoms with van der Waals surface area (Å²) < 4.78 is 36.6. The van der Waals surface area contributed by atoms with Crippen molar-refractivity contribution in [1.29, 1.82) is 5.26 Å². The number of rotatable bonds is 7. The summed E-state index contributed by atoms with van der Waals surface area (Å²) in [6.45, 7) is -2.18. The minimum atomic E-state index is -4.42. The van der Waals surface area contributed by atoms with Crippen molar-refractivity contribution in [1.82, 2.24) is 9.80 Å². The van der Waals surface area contributed by atoms with Gasteiger partial charge in [-0.3, -0.25) is 9.69 Å². The molecule has 0 aromatic heterocycles. The van der Waals surface area contributed by atoms with E-state index in [4.69, 9.17) is 10.4 Å². The summed E-state index contributed by atoms with van der Waals surface area (Å²) in [4.78, 5) is 13.6. The number of carbonyl (C=O) groups is 1. The number of hydrogen-bond acceptors (Lipinski definition) is 4. The second-order valence-electron chi connectivity index (χ2n) is 3.77. The molecule has 0 saturated heterocycles. The van der Waals surface area contributed by atoms with Crippen LogP contribution in [0.3, 0.4) is 0 Å². The lowest BCUT2D eigenvalue weighted by molar-refractivity contribution is -0.151. The quantitative estimate of drug-likeness (QED) is 0.716. The van der Waals surface area contributed by atoms with Crippen LogP contribution in [0.2, 0.25) is 0 Å². The van der Waals surface area contributed by atoms with Crippen molar-refractivity contribution in [2.24, 2.45) is 0 Å². The topological polar surface area (TPSA) is 67.6 Å². The zero-order chi connectivity index (χ0) is 14.2. The van der Waals surface area contributed by atoms with Gasteiger partial charge in [0.05, 0.1) is 32.2 Å². The number of nitrogens with zero attached hydrogens (tertiary/aromatic N) is 3. The summed E-state index contributed by atoms with van der Waals surface area (Å²) in [5, 5.41) is 17.0. The van der Waals surface area contributed by atoms with Gasteiger partial charge in [0.1, 0.15) is 0 Å².